The van der Waals surface area contributed by atoms with Crippen molar-refractivity contribution in [1.29, 1.82) is 0 Å². The molecule has 0 saturated carbocycles. The highest BCUT2D eigenvalue weighted by atomic mass is 19.3. The fourth-order valence-corrected chi connectivity index (χ4v) is 1.95. The zero-order chi connectivity index (χ0) is 12.8. The van der Waals surface area contributed by atoms with Crippen molar-refractivity contribution in [2.24, 2.45) is 0 Å². The Balaban J connectivity index is 1.78. The number of hydrogen-bond donors (Lipinski definition) is 1. The summed E-state index contributed by atoms with van der Waals surface area (Å²) < 4.78 is 33.8. The van der Waals surface area contributed by atoms with Crippen LogP contribution in [0.5, 0.6) is 5.75 Å². The molecule has 5 heteroatoms. The molecule has 1 fully saturated rings. The standard InChI is InChI=1S/C13H17F2NO2/c14-13(15)18-11-6-4-10(5-7-11)16-9-12-3-1-2-8-17-12/h4-7,12-13,16H,1-3,8-9H2. The summed E-state index contributed by atoms with van der Waals surface area (Å²) in [4.78, 5) is 0. The van der Waals surface area contributed by atoms with Crippen LogP contribution >= 0.6 is 0 Å². The Kier molecular flexibility index (Phi) is 4.75. The Labute approximate surface area is 105 Å². The summed E-state index contributed by atoms with van der Waals surface area (Å²) in [6, 6.07) is 6.49. The molecule has 3 nitrogen and oxygen atoms in total. The van der Waals surface area contributed by atoms with Gasteiger partial charge in [0.1, 0.15) is 5.75 Å². The van der Waals surface area contributed by atoms with Gasteiger partial charge in [-0.25, -0.2) is 0 Å². The molecule has 0 radical (unpaired) electrons. The minimum absolute atomic E-state index is 0.171. The molecule has 2 rings (SSSR count). The van der Waals surface area contributed by atoms with Crippen LogP contribution in [-0.2, 0) is 4.74 Å². The normalized spacial score (nSPS) is 19.8. The van der Waals surface area contributed by atoms with Crippen LogP contribution in [0.15, 0.2) is 24.3 Å². The average molecular weight is 257 g/mol. The molecular formula is C13H17F2NO2. The smallest absolute Gasteiger partial charge is 0.387 e. The van der Waals surface area contributed by atoms with E-state index in [1.807, 2.05) is 0 Å². The van der Waals surface area contributed by atoms with Crippen molar-refractivity contribution < 1.29 is 18.3 Å². The van der Waals surface area contributed by atoms with Crippen LogP contribution in [-0.4, -0.2) is 25.9 Å². The summed E-state index contributed by atoms with van der Waals surface area (Å²) >= 11 is 0. The molecule has 1 aliphatic heterocycles. The largest absolute Gasteiger partial charge is 0.435 e. The summed E-state index contributed by atoms with van der Waals surface area (Å²) in [7, 11) is 0. The zero-order valence-electron chi connectivity index (χ0n) is 10.1. The summed E-state index contributed by atoms with van der Waals surface area (Å²) in [5.41, 5.74) is 0.880. The minimum Gasteiger partial charge on any atom is -0.435 e. The second kappa shape index (κ2) is 6.54. The van der Waals surface area contributed by atoms with Gasteiger partial charge in [0.05, 0.1) is 6.10 Å². The van der Waals surface area contributed by atoms with Crippen LogP contribution in [0.2, 0.25) is 0 Å². The Hall–Kier alpha value is -1.36. The highest BCUT2D eigenvalue weighted by molar-refractivity contribution is 5.46. The van der Waals surface area contributed by atoms with Crippen LogP contribution in [0.4, 0.5) is 14.5 Å². The fourth-order valence-electron chi connectivity index (χ4n) is 1.95. The van der Waals surface area contributed by atoms with Crippen molar-refractivity contribution in [3.63, 3.8) is 0 Å². The lowest BCUT2D eigenvalue weighted by atomic mass is 10.1. The van der Waals surface area contributed by atoms with E-state index in [1.165, 1.54) is 18.6 Å². The van der Waals surface area contributed by atoms with Gasteiger partial charge in [0.25, 0.3) is 0 Å². The first-order chi connectivity index (χ1) is 8.74. The van der Waals surface area contributed by atoms with E-state index in [0.717, 1.165) is 31.7 Å². The van der Waals surface area contributed by atoms with Crippen LogP contribution in [0.25, 0.3) is 0 Å². The van der Waals surface area contributed by atoms with Crippen molar-refractivity contribution in [3.05, 3.63) is 24.3 Å². The third kappa shape index (κ3) is 4.14. The van der Waals surface area contributed by atoms with Crippen molar-refractivity contribution in [1.82, 2.24) is 0 Å². The lowest BCUT2D eigenvalue weighted by molar-refractivity contribution is -0.0498. The predicted molar refractivity (Wildman–Crippen MR) is 65.2 cm³/mol. The van der Waals surface area contributed by atoms with Crippen LogP contribution in [0.1, 0.15) is 19.3 Å². The maximum Gasteiger partial charge on any atom is 0.387 e. The fraction of sp³-hybridized carbons (Fsp3) is 0.538. The Morgan fingerprint density at radius 2 is 2.06 bits per heavy atom. The van der Waals surface area contributed by atoms with Crippen molar-refractivity contribution in [3.8, 4) is 5.75 Å². The second-order valence-electron chi connectivity index (χ2n) is 4.27. The quantitative estimate of drug-likeness (QED) is 0.878. The van der Waals surface area contributed by atoms with Crippen LogP contribution < -0.4 is 10.1 Å². The van der Waals surface area contributed by atoms with E-state index in [1.54, 1.807) is 12.1 Å². The van der Waals surface area contributed by atoms with Gasteiger partial charge in [-0.15, -0.1) is 0 Å². The molecule has 0 aromatic heterocycles. The number of halogens is 2. The van der Waals surface area contributed by atoms with Gasteiger partial charge >= 0.3 is 6.61 Å². The molecule has 1 aromatic rings. The molecule has 1 atom stereocenters. The average Bonchev–Trinajstić information content (AvgIpc) is 2.38. The van der Waals surface area contributed by atoms with Gasteiger partial charge in [0.15, 0.2) is 0 Å². The second-order valence-corrected chi connectivity index (χ2v) is 4.27. The molecule has 0 bridgehead atoms. The molecule has 1 saturated heterocycles. The monoisotopic (exact) mass is 257 g/mol. The minimum atomic E-state index is -2.78. The first-order valence-corrected chi connectivity index (χ1v) is 6.14. The Bertz CT molecular complexity index is 351. The molecule has 1 aliphatic rings. The van der Waals surface area contributed by atoms with E-state index >= 15 is 0 Å². The van der Waals surface area contributed by atoms with Crippen molar-refractivity contribution in [2.75, 3.05) is 18.5 Å². The van der Waals surface area contributed by atoms with E-state index in [9.17, 15) is 8.78 Å². The predicted octanol–water partition coefficient (Wildman–Crippen LogP) is 3.27. The molecule has 1 heterocycles. The molecule has 0 amide bonds. The summed E-state index contributed by atoms with van der Waals surface area (Å²) in [6.45, 7) is -1.21. The number of ether oxygens (including phenoxy) is 2. The lowest BCUT2D eigenvalue weighted by Gasteiger charge is -2.23. The van der Waals surface area contributed by atoms with E-state index in [2.05, 4.69) is 10.1 Å². The van der Waals surface area contributed by atoms with E-state index < -0.39 is 6.61 Å². The van der Waals surface area contributed by atoms with Gasteiger partial charge < -0.3 is 14.8 Å². The summed E-state index contributed by atoms with van der Waals surface area (Å²) in [5.74, 6) is 0.171. The molecule has 100 valence electrons. The molecule has 1 aromatic carbocycles. The molecule has 1 N–H and O–H groups in total. The number of hydrogen-bond acceptors (Lipinski definition) is 3. The number of alkyl halides is 2. The van der Waals surface area contributed by atoms with Crippen molar-refractivity contribution in [2.45, 2.75) is 32.0 Å². The van der Waals surface area contributed by atoms with E-state index in [0.29, 0.717) is 0 Å². The molecule has 0 spiro atoms. The molecule has 1 unspecified atom stereocenters. The number of rotatable bonds is 5. The highest BCUT2D eigenvalue weighted by Crippen LogP contribution is 2.19. The topological polar surface area (TPSA) is 30.5 Å². The van der Waals surface area contributed by atoms with Gasteiger partial charge in [-0.3, -0.25) is 0 Å². The maximum atomic E-state index is 12.0. The highest BCUT2D eigenvalue weighted by Gasteiger charge is 2.13. The third-order valence-electron chi connectivity index (χ3n) is 2.89. The van der Waals surface area contributed by atoms with Crippen molar-refractivity contribution >= 4 is 5.69 Å². The first-order valence-electron chi connectivity index (χ1n) is 6.14. The lowest BCUT2D eigenvalue weighted by Crippen LogP contribution is -2.26. The molecule has 0 aliphatic carbocycles. The van der Waals surface area contributed by atoms with Gasteiger partial charge in [-0.1, -0.05) is 0 Å². The van der Waals surface area contributed by atoms with Gasteiger partial charge in [0.2, 0.25) is 0 Å². The third-order valence-corrected chi connectivity index (χ3v) is 2.89. The van der Waals surface area contributed by atoms with Crippen LogP contribution in [0, 0.1) is 0 Å². The Morgan fingerprint density at radius 3 is 2.67 bits per heavy atom. The number of nitrogens with one attached hydrogen (secondary N) is 1. The van der Waals surface area contributed by atoms with E-state index in [4.69, 9.17) is 4.74 Å². The Morgan fingerprint density at radius 1 is 1.28 bits per heavy atom. The maximum absolute atomic E-state index is 12.0. The van der Waals surface area contributed by atoms with Gasteiger partial charge in [0, 0.05) is 18.8 Å². The molecule has 18 heavy (non-hydrogen) atoms. The number of anilines is 1. The van der Waals surface area contributed by atoms with Gasteiger partial charge in [-0.2, -0.15) is 8.78 Å². The van der Waals surface area contributed by atoms with Crippen LogP contribution in [0.3, 0.4) is 0 Å². The number of benzene rings is 1. The summed E-state index contributed by atoms with van der Waals surface area (Å²) in [6.07, 6.45) is 3.65. The van der Waals surface area contributed by atoms with E-state index in [-0.39, 0.29) is 11.9 Å². The summed E-state index contributed by atoms with van der Waals surface area (Å²) in [5, 5.41) is 3.23. The first kappa shape index (κ1) is 13.1. The SMILES string of the molecule is FC(F)Oc1ccc(NCC2CCCCO2)cc1. The zero-order valence-corrected chi connectivity index (χ0v) is 10.1. The molecular weight excluding hydrogens is 240 g/mol. The van der Waals surface area contributed by atoms with Gasteiger partial charge in [-0.05, 0) is 43.5 Å².